The summed E-state index contributed by atoms with van der Waals surface area (Å²) in [7, 11) is 1.63. The van der Waals surface area contributed by atoms with Crippen molar-refractivity contribution in [3.8, 4) is 17.2 Å². The van der Waals surface area contributed by atoms with E-state index in [0.717, 1.165) is 28.4 Å². The van der Waals surface area contributed by atoms with E-state index in [2.05, 4.69) is 10.2 Å². The minimum absolute atomic E-state index is 0.208. The molecule has 2 heterocycles. The molecule has 2 aliphatic rings. The van der Waals surface area contributed by atoms with Crippen LogP contribution in [0.1, 0.15) is 11.1 Å². The summed E-state index contributed by atoms with van der Waals surface area (Å²) in [6.07, 6.45) is 0. The predicted molar refractivity (Wildman–Crippen MR) is 129 cm³/mol. The molecule has 5 rings (SSSR count). The van der Waals surface area contributed by atoms with Crippen LogP contribution in [0.5, 0.6) is 17.2 Å². The average molecular weight is 461 g/mol. The normalized spacial score (nSPS) is 14.9. The highest BCUT2D eigenvalue weighted by Crippen LogP contribution is 2.40. The van der Waals surface area contributed by atoms with Crippen molar-refractivity contribution in [1.82, 2.24) is 9.80 Å². The zero-order valence-electron chi connectivity index (χ0n) is 19.0. The van der Waals surface area contributed by atoms with Gasteiger partial charge in [-0.25, -0.2) is 14.2 Å². The van der Waals surface area contributed by atoms with E-state index < -0.39 is 0 Å². The van der Waals surface area contributed by atoms with Gasteiger partial charge in [-0.15, -0.1) is 0 Å². The number of carbonyl (C=O) groups is 1. The van der Waals surface area contributed by atoms with Crippen LogP contribution in [-0.4, -0.2) is 55.0 Å². The number of aryl methyl sites for hydroxylation is 1. The molecule has 0 spiro atoms. The lowest BCUT2D eigenvalue weighted by Crippen LogP contribution is -2.51. The number of amidine groups is 1. The Kier molecular flexibility index (Phi) is 5.79. The van der Waals surface area contributed by atoms with Gasteiger partial charge in [-0.3, -0.25) is 0 Å². The molecule has 0 aromatic heterocycles. The first-order valence-corrected chi connectivity index (χ1v) is 11.1. The third kappa shape index (κ3) is 4.39. The maximum Gasteiger partial charge on any atom is 0.321 e. The summed E-state index contributed by atoms with van der Waals surface area (Å²) in [5, 5.41) is 2.83. The molecule has 0 radical (unpaired) electrons. The summed E-state index contributed by atoms with van der Waals surface area (Å²) >= 11 is 0. The highest BCUT2D eigenvalue weighted by Gasteiger charge is 2.28. The van der Waals surface area contributed by atoms with Crippen LogP contribution in [0.15, 0.2) is 65.7 Å². The summed E-state index contributed by atoms with van der Waals surface area (Å²) in [5.41, 5.74) is 3.25. The SMILES string of the molecule is COc1ccc2c(c1)C(N1CCN(C(=O)Nc3ccc(F)cc3)CC1)=Nc1ccc(C)cc1O2. The maximum atomic E-state index is 13.1. The third-order valence-electron chi connectivity index (χ3n) is 5.95. The summed E-state index contributed by atoms with van der Waals surface area (Å²) in [6, 6.07) is 17.2. The molecule has 174 valence electrons. The van der Waals surface area contributed by atoms with E-state index in [0.29, 0.717) is 43.4 Å². The van der Waals surface area contributed by atoms with Gasteiger partial charge in [0.2, 0.25) is 0 Å². The lowest BCUT2D eigenvalue weighted by Gasteiger charge is -2.36. The molecule has 2 aliphatic heterocycles. The molecule has 0 atom stereocenters. The molecule has 0 saturated carbocycles. The Morgan fingerprint density at radius 1 is 1.00 bits per heavy atom. The van der Waals surface area contributed by atoms with Crippen molar-refractivity contribution >= 4 is 23.2 Å². The quantitative estimate of drug-likeness (QED) is 0.573. The van der Waals surface area contributed by atoms with Crippen LogP contribution in [0.4, 0.5) is 20.6 Å². The molecule has 7 nitrogen and oxygen atoms in total. The van der Waals surface area contributed by atoms with Crippen LogP contribution in [0.2, 0.25) is 0 Å². The van der Waals surface area contributed by atoms with Gasteiger partial charge in [0.1, 0.15) is 28.8 Å². The number of benzene rings is 3. The number of carbonyl (C=O) groups excluding carboxylic acids is 1. The highest BCUT2D eigenvalue weighted by molar-refractivity contribution is 6.04. The summed E-state index contributed by atoms with van der Waals surface area (Å²) in [5.74, 6) is 2.58. The monoisotopic (exact) mass is 460 g/mol. The van der Waals surface area contributed by atoms with E-state index in [4.69, 9.17) is 14.5 Å². The number of nitrogens with zero attached hydrogens (tertiary/aromatic N) is 3. The number of nitrogens with one attached hydrogen (secondary N) is 1. The first-order valence-electron chi connectivity index (χ1n) is 11.1. The van der Waals surface area contributed by atoms with Crippen LogP contribution in [0, 0.1) is 12.7 Å². The molecule has 3 aromatic carbocycles. The van der Waals surface area contributed by atoms with E-state index in [1.165, 1.54) is 12.1 Å². The zero-order chi connectivity index (χ0) is 23.7. The number of piperazine rings is 1. The van der Waals surface area contributed by atoms with Crippen molar-refractivity contribution in [3.63, 3.8) is 0 Å². The zero-order valence-corrected chi connectivity index (χ0v) is 19.0. The highest BCUT2D eigenvalue weighted by atomic mass is 19.1. The van der Waals surface area contributed by atoms with Gasteiger partial charge in [0.05, 0.1) is 12.7 Å². The Morgan fingerprint density at radius 3 is 2.50 bits per heavy atom. The van der Waals surface area contributed by atoms with Crippen LogP contribution in [0.25, 0.3) is 0 Å². The minimum Gasteiger partial charge on any atom is -0.497 e. The molecular formula is C26H25FN4O3. The van der Waals surface area contributed by atoms with E-state index in [1.54, 1.807) is 24.1 Å². The number of ether oxygens (including phenoxy) is 2. The molecule has 0 aliphatic carbocycles. The van der Waals surface area contributed by atoms with Crippen LogP contribution >= 0.6 is 0 Å². The first-order chi connectivity index (χ1) is 16.5. The molecule has 1 saturated heterocycles. The number of hydrogen-bond donors (Lipinski definition) is 1. The van der Waals surface area contributed by atoms with Crippen LogP contribution < -0.4 is 14.8 Å². The van der Waals surface area contributed by atoms with Crippen molar-refractivity contribution in [1.29, 1.82) is 0 Å². The number of urea groups is 1. The Hall–Kier alpha value is -4.07. The fourth-order valence-corrected chi connectivity index (χ4v) is 4.09. The molecule has 3 aromatic rings. The second-order valence-electron chi connectivity index (χ2n) is 8.28. The lowest BCUT2D eigenvalue weighted by atomic mass is 10.1. The van der Waals surface area contributed by atoms with Crippen molar-refractivity contribution in [2.75, 3.05) is 38.6 Å². The standard InChI is InChI=1S/C26H25FN4O3/c1-17-3-9-22-24(15-17)34-23-10-8-20(33-2)16-21(23)25(29-22)30-11-13-31(14-12-30)26(32)28-19-6-4-18(27)5-7-19/h3-10,15-16H,11-14H2,1-2H3,(H,28,32). The largest absolute Gasteiger partial charge is 0.497 e. The van der Waals surface area contributed by atoms with Crippen LogP contribution in [0.3, 0.4) is 0 Å². The fourth-order valence-electron chi connectivity index (χ4n) is 4.09. The van der Waals surface area contributed by atoms with Crippen molar-refractivity contribution in [2.24, 2.45) is 4.99 Å². The fraction of sp³-hybridized carbons (Fsp3) is 0.231. The summed E-state index contributed by atoms with van der Waals surface area (Å²) in [6.45, 7) is 4.27. The molecule has 1 N–H and O–H groups in total. The Balaban J connectivity index is 1.38. The first kappa shape index (κ1) is 21.8. The molecular weight excluding hydrogens is 435 g/mol. The topological polar surface area (TPSA) is 66.4 Å². The molecule has 2 amide bonds. The maximum absolute atomic E-state index is 13.1. The van der Waals surface area contributed by atoms with Gasteiger partial charge in [-0.05, 0) is 67.1 Å². The number of halogens is 1. The minimum atomic E-state index is -0.339. The Bertz CT molecular complexity index is 1250. The van der Waals surface area contributed by atoms with E-state index in [1.807, 2.05) is 43.3 Å². The summed E-state index contributed by atoms with van der Waals surface area (Å²) < 4.78 is 24.8. The number of amides is 2. The van der Waals surface area contributed by atoms with E-state index in [-0.39, 0.29) is 11.8 Å². The van der Waals surface area contributed by atoms with Gasteiger partial charge in [0, 0.05) is 31.9 Å². The number of aliphatic imine (C=N–C) groups is 1. The average Bonchev–Trinajstić information content (AvgIpc) is 3.01. The van der Waals surface area contributed by atoms with Gasteiger partial charge < -0.3 is 24.6 Å². The number of rotatable bonds is 2. The Labute approximate surface area is 197 Å². The van der Waals surface area contributed by atoms with Crippen molar-refractivity contribution in [3.05, 3.63) is 77.6 Å². The third-order valence-corrected chi connectivity index (χ3v) is 5.95. The second kappa shape index (κ2) is 9.05. The van der Waals surface area contributed by atoms with Gasteiger partial charge >= 0.3 is 6.03 Å². The smallest absolute Gasteiger partial charge is 0.321 e. The van der Waals surface area contributed by atoms with Gasteiger partial charge in [-0.2, -0.15) is 0 Å². The van der Waals surface area contributed by atoms with Crippen LogP contribution in [-0.2, 0) is 0 Å². The molecule has 0 bridgehead atoms. The van der Waals surface area contributed by atoms with Crippen molar-refractivity contribution in [2.45, 2.75) is 6.92 Å². The van der Waals surface area contributed by atoms with Gasteiger partial charge in [-0.1, -0.05) is 6.07 Å². The van der Waals surface area contributed by atoms with E-state index in [9.17, 15) is 9.18 Å². The van der Waals surface area contributed by atoms with E-state index >= 15 is 0 Å². The molecule has 1 fully saturated rings. The van der Waals surface area contributed by atoms with Gasteiger partial charge in [0.15, 0.2) is 5.75 Å². The second-order valence-corrected chi connectivity index (χ2v) is 8.28. The molecule has 34 heavy (non-hydrogen) atoms. The number of fused-ring (bicyclic) bond motifs is 2. The summed E-state index contributed by atoms with van der Waals surface area (Å²) in [4.78, 5) is 21.6. The number of methoxy groups -OCH3 is 1. The van der Waals surface area contributed by atoms with Crippen molar-refractivity contribution < 1.29 is 18.7 Å². The Morgan fingerprint density at radius 2 is 1.76 bits per heavy atom. The number of hydrogen-bond acceptors (Lipinski definition) is 5. The molecule has 0 unspecified atom stereocenters. The predicted octanol–water partition coefficient (Wildman–Crippen LogP) is 5.18. The lowest BCUT2D eigenvalue weighted by molar-refractivity contribution is 0.181. The van der Waals surface area contributed by atoms with Gasteiger partial charge in [0.25, 0.3) is 0 Å². The number of anilines is 1. The molecule has 8 heteroatoms.